The summed E-state index contributed by atoms with van der Waals surface area (Å²) in [7, 11) is 0. The number of hydrogen-bond donors (Lipinski definition) is 2. The summed E-state index contributed by atoms with van der Waals surface area (Å²) in [6.07, 6.45) is -0.787. The average Bonchev–Trinajstić information content (AvgIpc) is 2.88. The molecule has 0 atom stereocenters. The number of nitrogens with one attached hydrogen (secondary N) is 2. The van der Waals surface area contributed by atoms with Gasteiger partial charge in [0.15, 0.2) is 0 Å². The molecular weight excluding hydrogens is 293 g/mol. The van der Waals surface area contributed by atoms with Crippen LogP contribution in [0, 0.1) is 12.7 Å². The zero-order valence-electron chi connectivity index (χ0n) is 12.0. The van der Waals surface area contributed by atoms with E-state index >= 15 is 0 Å². The van der Waals surface area contributed by atoms with Crippen LogP contribution in [0.25, 0.3) is 5.69 Å². The van der Waals surface area contributed by atoms with E-state index in [1.165, 1.54) is 28.9 Å². The van der Waals surface area contributed by atoms with Crippen LogP contribution in [0.1, 0.15) is 23.4 Å². The van der Waals surface area contributed by atoms with Crippen molar-refractivity contribution in [3.8, 4) is 5.69 Å². The molecule has 2 rings (SSSR count). The van der Waals surface area contributed by atoms with E-state index in [1.54, 1.807) is 13.8 Å². The first-order valence-corrected chi connectivity index (χ1v) is 6.44. The number of nitrogens with zero attached hydrogens (tertiary/aromatic N) is 3. The van der Waals surface area contributed by atoms with Crippen molar-refractivity contribution in [3.63, 3.8) is 0 Å². The maximum Gasteiger partial charge on any atom is 0.426 e. The summed E-state index contributed by atoms with van der Waals surface area (Å²) < 4.78 is 18.9. The predicted molar refractivity (Wildman–Crippen MR) is 73.7 cm³/mol. The van der Waals surface area contributed by atoms with Crippen molar-refractivity contribution < 1.29 is 18.7 Å². The number of aryl methyl sites for hydroxylation is 1. The van der Waals surface area contributed by atoms with Crippen LogP contribution in [0.5, 0.6) is 0 Å². The van der Waals surface area contributed by atoms with Crippen molar-refractivity contribution in [2.75, 3.05) is 6.61 Å². The molecule has 0 radical (unpaired) electrons. The van der Waals surface area contributed by atoms with Crippen molar-refractivity contribution in [3.05, 3.63) is 41.7 Å². The molecule has 0 unspecified atom stereocenters. The van der Waals surface area contributed by atoms with Gasteiger partial charge >= 0.3 is 12.0 Å². The fourth-order valence-electron chi connectivity index (χ4n) is 1.64. The summed E-state index contributed by atoms with van der Waals surface area (Å²) in [4.78, 5) is 26.9. The van der Waals surface area contributed by atoms with Crippen LogP contribution in [0.4, 0.5) is 9.18 Å². The zero-order chi connectivity index (χ0) is 16.1. The second-order valence-corrected chi connectivity index (χ2v) is 4.17. The quantitative estimate of drug-likeness (QED) is 0.828. The van der Waals surface area contributed by atoms with Gasteiger partial charge in [0.2, 0.25) is 5.82 Å². The first kappa shape index (κ1) is 15.4. The van der Waals surface area contributed by atoms with Crippen molar-refractivity contribution in [1.82, 2.24) is 25.6 Å². The lowest BCUT2D eigenvalue weighted by Crippen LogP contribution is -2.42. The van der Waals surface area contributed by atoms with Crippen molar-refractivity contribution in [1.29, 1.82) is 0 Å². The molecule has 0 saturated carbocycles. The van der Waals surface area contributed by atoms with Crippen LogP contribution >= 0.6 is 0 Å². The first-order valence-electron chi connectivity index (χ1n) is 6.44. The number of ether oxygens (including phenoxy) is 1. The number of hydrazine groups is 1. The van der Waals surface area contributed by atoms with E-state index in [9.17, 15) is 14.0 Å². The number of carbonyl (C=O) groups is 2. The van der Waals surface area contributed by atoms with Gasteiger partial charge in [-0.15, -0.1) is 5.10 Å². The SMILES string of the molecule is CCOC(=O)NNC(=O)c1nc(C)n(-c2ccc(F)cc2)n1. The van der Waals surface area contributed by atoms with Gasteiger partial charge in [-0.05, 0) is 38.1 Å². The van der Waals surface area contributed by atoms with Crippen LogP contribution in [0.2, 0.25) is 0 Å². The van der Waals surface area contributed by atoms with E-state index < -0.39 is 12.0 Å². The van der Waals surface area contributed by atoms with Gasteiger partial charge in [-0.1, -0.05) is 0 Å². The summed E-state index contributed by atoms with van der Waals surface area (Å²) >= 11 is 0. The molecule has 1 aromatic heterocycles. The molecule has 22 heavy (non-hydrogen) atoms. The highest BCUT2D eigenvalue weighted by Gasteiger charge is 2.16. The third kappa shape index (κ3) is 3.57. The number of benzene rings is 1. The van der Waals surface area contributed by atoms with Crippen LogP contribution < -0.4 is 10.9 Å². The van der Waals surface area contributed by atoms with Crippen LogP contribution in [-0.2, 0) is 4.74 Å². The van der Waals surface area contributed by atoms with E-state index in [0.29, 0.717) is 11.5 Å². The number of aromatic nitrogens is 3. The normalized spacial score (nSPS) is 10.1. The highest BCUT2D eigenvalue weighted by Crippen LogP contribution is 2.10. The Bertz CT molecular complexity index is 683. The van der Waals surface area contributed by atoms with Crippen molar-refractivity contribution in [2.45, 2.75) is 13.8 Å². The van der Waals surface area contributed by atoms with Gasteiger partial charge in [-0.3, -0.25) is 10.2 Å². The minimum absolute atomic E-state index is 0.140. The van der Waals surface area contributed by atoms with E-state index in [2.05, 4.69) is 25.7 Å². The van der Waals surface area contributed by atoms with E-state index in [4.69, 9.17) is 0 Å². The summed E-state index contributed by atoms with van der Waals surface area (Å²) in [5.74, 6) is -0.776. The smallest absolute Gasteiger partial charge is 0.426 e. The highest BCUT2D eigenvalue weighted by molar-refractivity contribution is 5.91. The fourth-order valence-corrected chi connectivity index (χ4v) is 1.64. The van der Waals surface area contributed by atoms with Gasteiger partial charge < -0.3 is 4.74 Å². The third-order valence-corrected chi connectivity index (χ3v) is 2.60. The Kier molecular flexibility index (Phi) is 4.66. The van der Waals surface area contributed by atoms with Crippen LogP contribution in [0.3, 0.4) is 0 Å². The molecule has 2 aromatic rings. The largest absolute Gasteiger partial charge is 0.449 e. The Morgan fingerprint density at radius 1 is 1.27 bits per heavy atom. The maximum atomic E-state index is 12.9. The molecule has 0 aliphatic heterocycles. The molecule has 8 nitrogen and oxygen atoms in total. The molecule has 9 heteroatoms. The number of hydrogen-bond acceptors (Lipinski definition) is 5. The Morgan fingerprint density at radius 3 is 2.59 bits per heavy atom. The first-order chi connectivity index (χ1) is 10.5. The molecule has 0 spiro atoms. The van der Waals surface area contributed by atoms with Gasteiger partial charge in [0.05, 0.1) is 12.3 Å². The van der Waals surface area contributed by atoms with Crippen LogP contribution in [-0.4, -0.2) is 33.4 Å². The van der Waals surface area contributed by atoms with E-state index in [1.807, 2.05) is 0 Å². The van der Waals surface area contributed by atoms with E-state index in [0.717, 1.165) is 0 Å². The van der Waals surface area contributed by atoms with Crippen molar-refractivity contribution in [2.24, 2.45) is 0 Å². The van der Waals surface area contributed by atoms with Gasteiger partial charge in [0.25, 0.3) is 0 Å². The molecule has 1 aromatic carbocycles. The molecule has 0 bridgehead atoms. The Morgan fingerprint density at radius 2 is 1.95 bits per heavy atom. The van der Waals surface area contributed by atoms with Crippen molar-refractivity contribution >= 4 is 12.0 Å². The highest BCUT2D eigenvalue weighted by atomic mass is 19.1. The topological polar surface area (TPSA) is 98.1 Å². The Labute approximate surface area is 125 Å². The number of rotatable bonds is 3. The lowest BCUT2D eigenvalue weighted by molar-refractivity contribution is 0.0902. The van der Waals surface area contributed by atoms with E-state index in [-0.39, 0.29) is 18.2 Å². The van der Waals surface area contributed by atoms with Gasteiger partial charge in [0, 0.05) is 0 Å². The number of halogens is 1. The summed E-state index contributed by atoms with van der Waals surface area (Å²) in [5.41, 5.74) is 4.74. The maximum absolute atomic E-state index is 12.9. The molecule has 0 fully saturated rings. The second kappa shape index (κ2) is 6.66. The molecule has 0 saturated heterocycles. The summed E-state index contributed by atoms with van der Waals surface area (Å²) in [6.45, 7) is 3.46. The lowest BCUT2D eigenvalue weighted by atomic mass is 10.3. The number of carbonyl (C=O) groups excluding carboxylic acids is 2. The molecule has 1 heterocycles. The second-order valence-electron chi connectivity index (χ2n) is 4.17. The Balaban J connectivity index is 2.10. The minimum Gasteiger partial charge on any atom is -0.449 e. The molecule has 116 valence electrons. The number of amides is 2. The standard InChI is InChI=1S/C13H14FN5O3/c1-3-22-13(21)17-16-12(20)11-15-8(2)19(18-11)10-6-4-9(14)5-7-10/h4-7H,3H2,1-2H3,(H,16,20)(H,17,21). The molecule has 0 aliphatic carbocycles. The van der Waals surface area contributed by atoms with Gasteiger partial charge in [0.1, 0.15) is 11.6 Å². The summed E-state index contributed by atoms with van der Waals surface area (Å²) in [5, 5.41) is 4.01. The third-order valence-electron chi connectivity index (χ3n) is 2.60. The molecule has 2 amide bonds. The fraction of sp³-hybridized carbons (Fsp3) is 0.231. The molecular formula is C13H14FN5O3. The summed E-state index contributed by atoms with van der Waals surface area (Å²) in [6, 6.07) is 5.57. The Hall–Kier alpha value is -2.97. The lowest BCUT2D eigenvalue weighted by Gasteiger charge is -2.04. The van der Waals surface area contributed by atoms with Crippen LogP contribution in [0.15, 0.2) is 24.3 Å². The zero-order valence-corrected chi connectivity index (χ0v) is 12.0. The average molecular weight is 307 g/mol. The molecule has 0 aliphatic rings. The molecule has 2 N–H and O–H groups in total. The minimum atomic E-state index is -0.787. The van der Waals surface area contributed by atoms with Gasteiger partial charge in [-0.25, -0.2) is 24.3 Å². The van der Waals surface area contributed by atoms with Gasteiger partial charge in [-0.2, -0.15) is 0 Å². The predicted octanol–water partition coefficient (Wildman–Crippen LogP) is 1.11. The monoisotopic (exact) mass is 307 g/mol.